The van der Waals surface area contributed by atoms with Crippen LogP contribution in [0.1, 0.15) is 21.5 Å². The van der Waals surface area contributed by atoms with Gasteiger partial charge >= 0.3 is 5.97 Å². The first-order chi connectivity index (χ1) is 12.6. The minimum absolute atomic E-state index is 0.133. The summed E-state index contributed by atoms with van der Waals surface area (Å²) in [5, 5.41) is 22.2. The van der Waals surface area contributed by atoms with Crippen molar-refractivity contribution in [2.45, 2.75) is 13.1 Å². The number of phenols is 1. The third-order valence-corrected chi connectivity index (χ3v) is 4.01. The largest absolute Gasteiger partial charge is 0.507 e. The molecular weight excluding hydrogens is 330 g/mol. The molecule has 0 saturated heterocycles. The molecule has 0 atom stereocenters. The fourth-order valence-electron chi connectivity index (χ4n) is 2.63. The quantitative estimate of drug-likeness (QED) is 0.544. The van der Waals surface area contributed by atoms with Gasteiger partial charge in [-0.2, -0.15) is 0 Å². The predicted octanol–water partition coefficient (Wildman–Crippen LogP) is 3.22. The van der Waals surface area contributed by atoms with Crippen molar-refractivity contribution >= 4 is 11.7 Å². The van der Waals surface area contributed by atoms with Gasteiger partial charge in [-0.15, -0.1) is 0 Å². The fraction of sp³-hybridized carbons (Fsp3) is 0.100. The molecule has 0 aliphatic carbocycles. The minimum atomic E-state index is -1.17. The Kier molecular flexibility index (Phi) is 5.15. The zero-order valence-corrected chi connectivity index (χ0v) is 14.0. The molecule has 1 aromatic heterocycles. The van der Waals surface area contributed by atoms with Crippen LogP contribution in [0.15, 0.2) is 60.8 Å². The lowest BCUT2D eigenvalue weighted by molar-refractivity contribution is 0.0694. The van der Waals surface area contributed by atoms with E-state index in [-0.39, 0.29) is 11.3 Å². The summed E-state index contributed by atoms with van der Waals surface area (Å²) in [5.74, 6) is -1.45. The number of aromatic hydroxyl groups is 1. The van der Waals surface area contributed by atoms with Crippen LogP contribution in [0.2, 0.25) is 0 Å². The van der Waals surface area contributed by atoms with Crippen molar-refractivity contribution in [3.05, 3.63) is 77.5 Å². The van der Waals surface area contributed by atoms with Crippen LogP contribution in [0, 0.1) is 0 Å². The summed E-state index contributed by atoms with van der Waals surface area (Å²) < 4.78 is 0. The summed E-state index contributed by atoms with van der Waals surface area (Å²) in [4.78, 5) is 15.3. The van der Waals surface area contributed by atoms with Gasteiger partial charge in [0, 0.05) is 30.5 Å². The van der Waals surface area contributed by atoms with Crippen LogP contribution < -0.4 is 11.1 Å². The Morgan fingerprint density at radius 3 is 2.65 bits per heavy atom. The second-order valence-corrected chi connectivity index (χ2v) is 5.84. The second kappa shape index (κ2) is 7.67. The van der Waals surface area contributed by atoms with Crippen LogP contribution in [0.25, 0.3) is 11.3 Å². The van der Waals surface area contributed by atoms with Gasteiger partial charge in [-0.3, -0.25) is 4.98 Å². The van der Waals surface area contributed by atoms with Gasteiger partial charge in [0.05, 0.1) is 5.69 Å². The second-order valence-electron chi connectivity index (χ2n) is 5.84. The number of nitrogens with two attached hydrogens (primary N) is 1. The Labute approximate surface area is 150 Å². The number of benzene rings is 2. The molecule has 3 aromatic rings. The van der Waals surface area contributed by atoms with Gasteiger partial charge in [-0.25, -0.2) is 4.79 Å². The third kappa shape index (κ3) is 3.99. The zero-order valence-electron chi connectivity index (χ0n) is 14.0. The summed E-state index contributed by atoms with van der Waals surface area (Å²) in [6, 6.07) is 16.1. The molecule has 6 heteroatoms. The van der Waals surface area contributed by atoms with E-state index in [1.54, 1.807) is 12.3 Å². The monoisotopic (exact) mass is 349 g/mol. The Hall–Kier alpha value is -3.38. The Morgan fingerprint density at radius 2 is 1.92 bits per heavy atom. The zero-order chi connectivity index (χ0) is 18.5. The third-order valence-electron chi connectivity index (χ3n) is 4.01. The van der Waals surface area contributed by atoms with Crippen molar-refractivity contribution in [1.82, 2.24) is 4.98 Å². The number of carboxylic acid groups (broad SMARTS) is 1. The number of pyridine rings is 1. The van der Waals surface area contributed by atoms with Crippen LogP contribution in [0.4, 0.5) is 5.69 Å². The van der Waals surface area contributed by atoms with E-state index in [1.807, 2.05) is 36.4 Å². The smallest absolute Gasteiger partial charge is 0.339 e. The molecular formula is C20H19N3O3. The molecule has 0 unspecified atom stereocenters. The molecule has 132 valence electrons. The van der Waals surface area contributed by atoms with Crippen molar-refractivity contribution < 1.29 is 15.0 Å². The number of anilines is 1. The highest BCUT2D eigenvalue weighted by atomic mass is 16.4. The van der Waals surface area contributed by atoms with Crippen molar-refractivity contribution in [1.29, 1.82) is 0 Å². The van der Waals surface area contributed by atoms with Crippen LogP contribution >= 0.6 is 0 Å². The number of hydrogen-bond donors (Lipinski definition) is 4. The summed E-state index contributed by atoms with van der Waals surface area (Å²) >= 11 is 0. The van der Waals surface area contributed by atoms with E-state index in [2.05, 4.69) is 10.3 Å². The number of aromatic nitrogens is 1. The molecule has 0 fully saturated rings. The van der Waals surface area contributed by atoms with Crippen LogP contribution in [-0.2, 0) is 13.1 Å². The molecule has 0 bridgehead atoms. The Bertz CT molecular complexity index is 941. The first-order valence-corrected chi connectivity index (χ1v) is 8.11. The lowest BCUT2D eigenvalue weighted by Crippen LogP contribution is -2.02. The number of nitrogens with zero attached hydrogens (tertiary/aromatic N) is 1. The van der Waals surface area contributed by atoms with E-state index in [4.69, 9.17) is 10.8 Å². The van der Waals surface area contributed by atoms with Gasteiger partial charge in [0.25, 0.3) is 0 Å². The number of nitrogens with one attached hydrogen (secondary N) is 1. The number of hydrogen-bond acceptors (Lipinski definition) is 5. The SMILES string of the molecule is NCc1cccc(NCc2ccnc(-c3ccc(C(=O)O)c(O)c3)c2)c1. The van der Waals surface area contributed by atoms with Gasteiger partial charge in [-0.05, 0) is 47.5 Å². The van der Waals surface area contributed by atoms with E-state index in [0.717, 1.165) is 16.8 Å². The highest BCUT2D eigenvalue weighted by Crippen LogP contribution is 2.26. The molecule has 6 nitrogen and oxygen atoms in total. The molecule has 0 spiro atoms. The maximum absolute atomic E-state index is 11.0. The van der Waals surface area contributed by atoms with E-state index in [0.29, 0.717) is 24.3 Å². The number of rotatable bonds is 6. The van der Waals surface area contributed by atoms with Gasteiger partial charge in [0.15, 0.2) is 0 Å². The maximum Gasteiger partial charge on any atom is 0.339 e. The molecule has 0 aliphatic heterocycles. The number of carbonyl (C=O) groups is 1. The average Bonchev–Trinajstić information content (AvgIpc) is 2.66. The molecule has 0 amide bonds. The van der Waals surface area contributed by atoms with Crippen molar-refractivity contribution in [2.24, 2.45) is 5.73 Å². The van der Waals surface area contributed by atoms with Crippen molar-refractivity contribution in [3.8, 4) is 17.0 Å². The van der Waals surface area contributed by atoms with Gasteiger partial charge in [0.1, 0.15) is 11.3 Å². The molecule has 3 rings (SSSR count). The molecule has 2 aromatic carbocycles. The number of aromatic carboxylic acids is 1. The van der Waals surface area contributed by atoms with Gasteiger partial charge < -0.3 is 21.3 Å². The molecule has 26 heavy (non-hydrogen) atoms. The van der Waals surface area contributed by atoms with Crippen molar-refractivity contribution in [2.75, 3.05) is 5.32 Å². The summed E-state index contributed by atoms with van der Waals surface area (Å²) in [6.45, 7) is 1.09. The summed E-state index contributed by atoms with van der Waals surface area (Å²) in [5.41, 5.74) is 9.88. The molecule has 1 heterocycles. The lowest BCUT2D eigenvalue weighted by atomic mass is 10.1. The molecule has 5 N–H and O–H groups in total. The molecule has 0 aliphatic rings. The highest BCUT2D eigenvalue weighted by Gasteiger charge is 2.11. The van der Waals surface area contributed by atoms with Crippen LogP contribution in [0.3, 0.4) is 0 Å². The first-order valence-electron chi connectivity index (χ1n) is 8.11. The normalized spacial score (nSPS) is 10.5. The average molecular weight is 349 g/mol. The minimum Gasteiger partial charge on any atom is -0.507 e. The summed E-state index contributed by atoms with van der Waals surface area (Å²) in [7, 11) is 0. The number of carboxylic acids is 1. The predicted molar refractivity (Wildman–Crippen MR) is 100.0 cm³/mol. The standard InChI is InChI=1S/C20H19N3O3/c21-11-13-2-1-3-16(8-13)23-12-14-6-7-22-18(9-14)15-4-5-17(20(25)26)19(24)10-15/h1-10,23-24H,11-12,21H2,(H,25,26). The van der Waals surface area contributed by atoms with E-state index in [1.165, 1.54) is 12.1 Å². The first kappa shape index (κ1) is 17.4. The van der Waals surface area contributed by atoms with E-state index in [9.17, 15) is 9.90 Å². The van der Waals surface area contributed by atoms with Crippen molar-refractivity contribution in [3.63, 3.8) is 0 Å². The van der Waals surface area contributed by atoms with Crippen LogP contribution in [-0.4, -0.2) is 21.2 Å². The van der Waals surface area contributed by atoms with Gasteiger partial charge in [0.2, 0.25) is 0 Å². The Balaban J connectivity index is 1.78. The van der Waals surface area contributed by atoms with E-state index < -0.39 is 5.97 Å². The molecule has 0 saturated carbocycles. The summed E-state index contributed by atoms with van der Waals surface area (Å²) in [6.07, 6.45) is 1.69. The Morgan fingerprint density at radius 1 is 1.08 bits per heavy atom. The topological polar surface area (TPSA) is 108 Å². The van der Waals surface area contributed by atoms with Crippen LogP contribution in [0.5, 0.6) is 5.75 Å². The molecule has 0 radical (unpaired) electrons. The van der Waals surface area contributed by atoms with Gasteiger partial charge in [-0.1, -0.05) is 18.2 Å². The highest BCUT2D eigenvalue weighted by molar-refractivity contribution is 5.91. The lowest BCUT2D eigenvalue weighted by Gasteiger charge is -2.10. The van der Waals surface area contributed by atoms with E-state index >= 15 is 0 Å². The fourth-order valence-corrected chi connectivity index (χ4v) is 2.63. The maximum atomic E-state index is 11.0.